The molecule has 1 aliphatic carbocycles. The lowest BCUT2D eigenvalue weighted by atomic mass is 10.1. The van der Waals surface area contributed by atoms with Gasteiger partial charge in [-0.1, -0.05) is 0 Å². The van der Waals surface area contributed by atoms with Crippen molar-refractivity contribution in [3.05, 3.63) is 34.0 Å². The minimum absolute atomic E-state index is 0.00972. The van der Waals surface area contributed by atoms with Crippen molar-refractivity contribution in [1.82, 2.24) is 9.55 Å². The molecule has 0 N–H and O–H groups in total. The Kier molecular flexibility index (Phi) is 1.62. The highest BCUT2D eigenvalue weighted by molar-refractivity contribution is 5.97. The van der Waals surface area contributed by atoms with Crippen molar-refractivity contribution in [1.29, 1.82) is 0 Å². The summed E-state index contributed by atoms with van der Waals surface area (Å²) in [4.78, 5) is 26.2. The van der Waals surface area contributed by atoms with E-state index in [-0.39, 0.29) is 17.8 Å². The number of fused-ring (bicyclic) bond motifs is 1. The van der Waals surface area contributed by atoms with Gasteiger partial charge in [-0.05, 0) is 12.2 Å². The molecule has 0 fully saturated rings. The van der Waals surface area contributed by atoms with Crippen LogP contribution in [0.5, 0.6) is 0 Å². The molecule has 0 spiro atoms. The minimum atomic E-state index is -0.179. The lowest BCUT2D eigenvalue weighted by molar-refractivity contribution is -0.114. The molecule has 0 amide bonds. The van der Waals surface area contributed by atoms with Crippen molar-refractivity contribution in [2.75, 3.05) is 0 Å². The molecule has 1 aromatic heterocycles. The van der Waals surface area contributed by atoms with E-state index in [0.717, 1.165) is 0 Å². The van der Waals surface area contributed by atoms with E-state index in [2.05, 4.69) is 4.98 Å². The Labute approximate surface area is 74.5 Å². The number of hydrogen-bond acceptors (Lipinski definition) is 3. The van der Waals surface area contributed by atoms with Crippen LogP contribution in [0, 0.1) is 0 Å². The fourth-order valence-corrected chi connectivity index (χ4v) is 1.33. The Bertz CT molecular complexity index is 457. The summed E-state index contributed by atoms with van der Waals surface area (Å²) in [5.74, 6) is 0.00972. The molecule has 0 bridgehead atoms. The van der Waals surface area contributed by atoms with Gasteiger partial charge in [0.15, 0.2) is 5.78 Å². The highest BCUT2D eigenvalue weighted by atomic mass is 16.1. The smallest absolute Gasteiger partial charge is 0.268 e. The Hall–Kier alpha value is -1.71. The van der Waals surface area contributed by atoms with Crippen LogP contribution in [-0.4, -0.2) is 15.3 Å². The van der Waals surface area contributed by atoms with Crippen LogP contribution in [0.3, 0.4) is 0 Å². The summed E-state index contributed by atoms with van der Waals surface area (Å²) in [5, 5.41) is 0. The van der Waals surface area contributed by atoms with Gasteiger partial charge in [0.2, 0.25) is 0 Å². The normalized spacial score (nSPS) is 14.4. The Morgan fingerprint density at radius 1 is 1.38 bits per heavy atom. The number of carbonyl (C=O) groups is 1. The number of allylic oxidation sites excluding steroid dienone is 1. The first-order chi connectivity index (χ1) is 6.18. The van der Waals surface area contributed by atoms with Crippen LogP contribution < -0.4 is 5.56 Å². The minimum Gasteiger partial charge on any atom is -0.312 e. The lowest BCUT2D eigenvalue weighted by Gasteiger charge is -2.11. The molecule has 0 aliphatic heterocycles. The van der Waals surface area contributed by atoms with Gasteiger partial charge in [-0.15, -0.1) is 0 Å². The molecular formula is C9H8N2O2. The second kappa shape index (κ2) is 2.65. The maximum absolute atomic E-state index is 11.2. The van der Waals surface area contributed by atoms with Crippen molar-refractivity contribution in [3.8, 4) is 0 Å². The Morgan fingerprint density at radius 3 is 2.92 bits per heavy atom. The average Bonchev–Trinajstić information content (AvgIpc) is 2.12. The first-order valence-corrected chi connectivity index (χ1v) is 3.94. The highest BCUT2D eigenvalue weighted by Gasteiger charge is 2.14. The third-order valence-corrected chi connectivity index (χ3v) is 2.11. The fourth-order valence-electron chi connectivity index (χ4n) is 1.33. The summed E-state index contributed by atoms with van der Waals surface area (Å²) in [6, 6.07) is 0. The predicted molar refractivity (Wildman–Crippen MR) is 47.2 cm³/mol. The maximum atomic E-state index is 11.2. The van der Waals surface area contributed by atoms with E-state index >= 15 is 0 Å². The number of aromatic nitrogens is 2. The van der Waals surface area contributed by atoms with E-state index in [4.69, 9.17) is 0 Å². The van der Waals surface area contributed by atoms with E-state index < -0.39 is 0 Å². The van der Waals surface area contributed by atoms with Gasteiger partial charge >= 0.3 is 0 Å². The van der Waals surface area contributed by atoms with Crippen LogP contribution in [0.15, 0.2) is 17.1 Å². The quantitative estimate of drug-likeness (QED) is 0.555. The number of carbonyl (C=O) groups excluding carboxylic acids is 1. The van der Waals surface area contributed by atoms with Crippen molar-refractivity contribution in [2.45, 2.75) is 6.42 Å². The van der Waals surface area contributed by atoms with Crippen LogP contribution in [-0.2, 0) is 18.3 Å². The molecule has 0 saturated carbocycles. The van der Waals surface area contributed by atoms with Crippen molar-refractivity contribution in [3.63, 3.8) is 0 Å². The summed E-state index contributed by atoms with van der Waals surface area (Å²) in [7, 11) is 1.65. The molecule has 4 heteroatoms. The molecule has 1 aromatic rings. The van der Waals surface area contributed by atoms with Crippen LogP contribution in [0.4, 0.5) is 0 Å². The van der Waals surface area contributed by atoms with Crippen molar-refractivity contribution in [2.24, 2.45) is 7.05 Å². The summed E-state index contributed by atoms with van der Waals surface area (Å²) in [5.41, 5.74) is 1.23. The van der Waals surface area contributed by atoms with Gasteiger partial charge in [0.25, 0.3) is 5.56 Å². The third-order valence-electron chi connectivity index (χ3n) is 2.11. The second-order valence-electron chi connectivity index (χ2n) is 2.96. The number of hydrogen-bond donors (Lipinski definition) is 0. The molecule has 1 heterocycles. The summed E-state index contributed by atoms with van der Waals surface area (Å²) in [6.07, 6.45) is 4.66. The van der Waals surface area contributed by atoms with Gasteiger partial charge in [0, 0.05) is 7.05 Å². The molecule has 0 unspecified atom stereocenters. The second-order valence-corrected chi connectivity index (χ2v) is 2.96. The Morgan fingerprint density at radius 2 is 2.15 bits per heavy atom. The van der Waals surface area contributed by atoms with Gasteiger partial charge in [-0.25, -0.2) is 4.98 Å². The predicted octanol–water partition coefficient (Wildman–Crippen LogP) is -0.0813. The zero-order chi connectivity index (χ0) is 9.42. The first kappa shape index (κ1) is 7.91. The first-order valence-electron chi connectivity index (χ1n) is 3.94. The summed E-state index contributed by atoms with van der Waals surface area (Å²) in [6.45, 7) is 0. The zero-order valence-corrected chi connectivity index (χ0v) is 7.15. The van der Waals surface area contributed by atoms with E-state index in [1.807, 2.05) is 0 Å². The monoisotopic (exact) mass is 176 g/mol. The SMILES string of the molecule is Cn1c2c(ncc1=O)C=CC(=O)C2. The zero-order valence-electron chi connectivity index (χ0n) is 7.15. The fraction of sp³-hybridized carbons (Fsp3) is 0.222. The van der Waals surface area contributed by atoms with E-state index in [9.17, 15) is 9.59 Å². The molecule has 4 nitrogen and oxygen atoms in total. The number of nitrogens with zero attached hydrogens (tertiary/aromatic N) is 2. The Balaban J connectivity index is 2.71. The molecule has 2 rings (SSSR count). The molecule has 66 valence electrons. The third kappa shape index (κ3) is 1.20. The van der Waals surface area contributed by atoms with E-state index in [1.54, 1.807) is 13.1 Å². The summed E-state index contributed by atoms with van der Waals surface area (Å²) < 4.78 is 1.46. The van der Waals surface area contributed by atoms with Gasteiger partial charge in [-0.3, -0.25) is 9.59 Å². The van der Waals surface area contributed by atoms with Crippen LogP contribution in [0.25, 0.3) is 6.08 Å². The standard InChI is InChI=1S/C9H8N2O2/c1-11-8-4-6(12)2-3-7(8)10-5-9(11)13/h2-3,5H,4H2,1H3. The molecule has 0 atom stereocenters. The van der Waals surface area contributed by atoms with Gasteiger partial charge < -0.3 is 4.57 Å². The molecule has 0 radical (unpaired) electrons. The molecule has 0 aromatic carbocycles. The van der Waals surface area contributed by atoms with Crippen molar-refractivity contribution >= 4 is 11.9 Å². The molecule has 13 heavy (non-hydrogen) atoms. The largest absolute Gasteiger partial charge is 0.312 e. The number of ketones is 1. The van der Waals surface area contributed by atoms with Gasteiger partial charge in [0.05, 0.1) is 24.0 Å². The molecule has 0 saturated heterocycles. The highest BCUT2D eigenvalue weighted by Crippen LogP contribution is 2.11. The van der Waals surface area contributed by atoms with Gasteiger partial charge in [-0.2, -0.15) is 0 Å². The summed E-state index contributed by atoms with van der Waals surface area (Å²) >= 11 is 0. The van der Waals surface area contributed by atoms with Crippen LogP contribution in [0.1, 0.15) is 11.4 Å². The average molecular weight is 176 g/mol. The lowest BCUT2D eigenvalue weighted by Crippen LogP contribution is -2.24. The molecule has 1 aliphatic rings. The number of rotatable bonds is 0. The van der Waals surface area contributed by atoms with Crippen LogP contribution in [0.2, 0.25) is 0 Å². The van der Waals surface area contributed by atoms with E-state index in [0.29, 0.717) is 11.4 Å². The van der Waals surface area contributed by atoms with Crippen molar-refractivity contribution < 1.29 is 4.79 Å². The van der Waals surface area contributed by atoms with E-state index in [1.165, 1.54) is 16.8 Å². The van der Waals surface area contributed by atoms with Gasteiger partial charge in [0.1, 0.15) is 0 Å². The molecular weight excluding hydrogens is 168 g/mol. The maximum Gasteiger partial charge on any atom is 0.268 e. The van der Waals surface area contributed by atoms with Crippen LogP contribution >= 0.6 is 0 Å². The topological polar surface area (TPSA) is 52.0 Å².